The molecule has 0 aliphatic carbocycles. The zero-order valence-electron chi connectivity index (χ0n) is 16.6. The zero-order valence-corrected chi connectivity index (χ0v) is 17.4. The third-order valence-corrected chi connectivity index (χ3v) is 5.32. The molecule has 8 nitrogen and oxygen atoms in total. The highest BCUT2D eigenvalue weighted by molar-refractivity contribution is 7.17. The molecule has 0 atom stereocenters. The van der Waals surface area contributed by atoms with Crippen LogP contribution in [0.25, 0.3) is 10.6 Å². The van der Waals surface area contributed by atoms with Gasteiger partial charge in [0.05, 0.1) is 5.69 Å². The zero-order chi connectivity index (χ0) is 22.2. The van der Waals surface area contributed by atoms with Crippen molar-refractivity contribution < 1.29 is 18.8 Å². The average Bonchev–Trinajstić information content (AvgIpc) is 3.18. The standard InChI is InChI=1S/C21H20FN5O3S/c1-13-18(31-20(25-13)15-5-3-2-4-6-15)19(29)27-26-17(28)12-24-21(30)23-11-14-7-9-16(22)10-8-14/h2-10H,11-12H2,1H3,(H,26,28)(H,27,29)(H2,23,24,30). The number of hydrogen-bond donors (Lipinski definition) is 4. The van der Waals surface area contributed by atoms with Crippen molar-refractivity contribution in [3.8, 4) is 10.6 Å². The number of nitrogens with zero attached hydrogens (tertiary/aromatic N) is 1. The summed E-state index contributed by atoms with van der Waals surface area (Å²) in [5.41, 5.74) is 6.72. The number of nitrogens with one attached hydrogen (secondary N) is 4. The monoisotopic (exact) mass is 441 g/mol. The maximum absolute atomic E-state index is 12.9. The van der Waals surface area contributed by atoms with Gasteiger partial charge in [0, 0.05) is 12.1 Å². The fraction of sp³-hybridized carbons (Fsp3) is 0.143. The van der Waals surface area contributed by atoms with E-state index in [2.05, 4.69) is 26.5 Å². The molecule has 0 radical (unpaired) electrons. The molecule has 0 spiro atoms. The van der Waals surface area contributed by atoms with Crippen LogP contribution in [0.1, 0.15) is 20.9 Å². The van der Waals surface area contributed by atoms with E-state index in [0.29, 0.717) is 21.1 Å². The van der Waals surface area contributed by atoms with Crippen molar-refractivity contribution in [2.24, 2.45) is 0 Å². The van der Waals surface area contributed by atoms with Crippen molar-refractivity contribution in [2.75, 3.05) is 6.54 Å². The number of benzene rings is 2. The molecule has 2 aromatic carbocycles. The first kappa shape index (κ1) is 21.9. The van der Waals surface area contributed by atoms with Crippen LogP contribution in [0.5, 0.6) is 0 Å². The molecule has 160 valence electrons. The molecular weight excluding hydrogens is 421 g/mol. The molecule has 31 heavy (non-hydrogen) atoms. The fourth-order valence-electron chi connectivity index (χ4n) is 2.55. The van der Waals surface area contributed by atoms with Gasteiger partial charge in [-0.15, -0.1) is 11.3 Å². The molecule has 0 bridgehead atoms. The highest BCUT2D eigenvalue weighted by Gasteiger charge is 2.17. The highest BCUT2D eigenvalue weighted by atomic mass is 32.1. The molecule has 4 N–H and O–H groups in total. The average molecular weight is 441 g/mol. The maximum atomic E-state index is 12.9. The summed E-state index contributed by atoms with van der Waals surface area (Å²) in [4.78, 5) is 40.8. The number of carbonyl (C=O) groups excluding carboxylic acids is 3. The summed E-state index contributed by atoms with van der Waals surface area (Å²) >= 11 is 1.22. The van der Waals surface area contributed by atoms with Gasteiger partial charge in [-0.1, -0.05) is 42.5 Å². The second-order valence-corrected chi connectivity index (χ2v) is 7.46. The predicted molar refractivity (Wildman–Crippen MR) is 115 cm³/mol. The summed E-state index contributed by atoms with van der Waals surface area (Å²) < 4.78 is 12.9. The molecule has 1 aromatic heterocycles. The van der Waals surface area contributed by atoms with E-state index >= 15 is 0 Å². The Balaban J connectivity index is 1.42. The molecule has 4 amide bonds. The molecule has 0 aliphatic rings. The van der Waals surface area contributed by atoms with Crippen LogP contribution < -0.4 is 21.5 Å². The van der Waals surface area contributed by atoms with Gasteiger partial charge in [0.15, 0.2) is 0 Å². The van der Waals surface area contributed by atoms with Crippen molar-refractivity contribution in [1.29, 1.82) is 0 Å². The number of aromatic nitrogens is 1. The van der Waals surface area contributed by atoms with Gasteiger partial charge in [0.1, 0.15) is 22.2 Å². The van der Waals surface area contributed by atoms with Crippen LogP contribution in [0, 0.1) is 12.7 Å². The molecule has 0 unspecified atom stereocenters. The summed E-state index contributed by atoms with van der Waals surface area (Å²) in [6.45, 7) is 1.55. The first-order valence-corrected chi connectivity index (χ1v) is 10.1. The lowest BCUT2D eigenvalue weighted by molar-refractivity contribution is -0.120. The second-order valence-electron chi connectivity index (χ2n) is 6.46. The predicted octanol–water partition coefficient (Wildman–Crippen LogP) is 2.52. The Bertz CT molecular complexity index is 1070. The Hall–Kier alpha value is -3.79. The van der Waals surface area contributed by atoms with Crippen LogP contribution in [0.15, 0.2) is 54.6 Å². The second kappa shape index (κ2) is 10.3. The minimum atomic E-state index is -0.601. The van der Waals surface area contributed by atoms with Crippen molar-refractivity contribution in [3.05, 3.63) is 76.5 Å². The van der Waals surface area contributed by atoms with Crippen molar-refractivity contribution >= 4 is 29.2 Å². The summed E-state index contributed by atoms with van der Waals surface area (Å²) in [6.07, 6.45) is 0. The molecule has 0 aliphatic heterocycles. The van der Waals surface area contributed by atoms with Crippen LogP contribution in [0.2, 0.25) is 0 Å². The number of hydrogen-bond acceptors (Lipinski definition) is 5. The van der Waals surface area contributed by atoms with Crippen LogP contribution in [-0.4, -0.2) is 29.4 Å². The van der Waals surface area contributed by atoms with Gasteiger partial charge in [-0.2, -0.15) is 0 Å². The molecule has 10 heteroatoms. The minimum absolute atomic E-state index is 0.179. The number of thiazole rings is 1. The van der Waals surface area contributed by atoms with E-state index in [-0.39, 0.29) is 18.9 Å². The van der Waals surface area contributed by atoms with Crippen molar-refractivity contribution in [1.82, 2.24) is 26.5 Å². The Morgan fingerprint density at radius 2 is 1.68 bits per heavy atom. The van der Waals surface area contributed by atoms with Crippen LogP contribution >= 0.6 is 11.3 Å². The number of hydrazine groups is 1. The van der Waals surface area contributed by atoms with E-state index in [4.69, 9.17) is 0 Å². The third-order valence-electron chi connectivity index (χ3n) is 4.11. The number of amides is 4. The lowest BCUT2D eigenvalue weighted by Gasteiger charge is -2.09. The van der Waals surface area contributed by atoms with Crippen LogP contribution in [-0.2, 0) is 11.3 Å². The number of urea groups is 1. The number of halogens is 1. The smallest absolute Gasteiger partial charge is 0.315 e. The first-order chi connectivity index (χ1) is 14.9. The van der Waals surface area contributed by atoms with E-state index < -0.39 is 17.8 Å². The molecule has 3 aromatic rings. The normalized spacial score (nSPS) is 10.3. The van der Waals surface area contributed by atoms with Gasteiger partial charge in [-0.05, 0) is 24.6 Å². The first-order valence-electron chi connectivity index (χ1n) is 9.30. The molecule has 1 heterocycles. The summed E-state index contributed by atoms with van der Waals surface area (Å²) in [5.74, 6) is -1.46. The van der Waals surface area contributed by atoms with Crippen LogP contribution in [0.3, 0.4) is 0 Å². The van der Waals surface area contributed by atoms with Gasteiger partial charge in [0.25, 0.3) is 11.8 Å². The van der Waals surface area contributed by atoms with Gasteiger partial charge in [-0.3, -0.25) is 20.4 Å². The summed E-state index contributed by atoms with van der Waals surface area (Å²) in [7, 11) is 0. The number of rotatable bonds is 6. The van der Waals surface area contributed by atoms with E-state index in [9.17, 15) is 18.8 Å². The SMILES string of the molecule is Cc1nc(-c2ccccc2)sc1C(=O)NNC(=O)CNC(=O)NCc1ccc(F)cc1. The molecular formula is C21H20FN5O3S. The minimum Gasteiger partial charge on any atom is -0.334 e. The van der Waals surface area contributed by atoms with Gasteiger partial charge < -0.3 is 10.6 Å². The summed E-state index contributed by atoms with van der Waals surface area (Å²) in [5, 5.41) is 5.61. The maximum Gasteiger partial charge on any atom is 0.315 e. The largest absolute Gasteiger partial charge is 0.334 e. The highest BCUT2D eigenvalue weighted by Crippen LogP contribution is 2.27. The van der Waals surface area contributed by atoms with Gasteiger partial charge >= 0.3 is 6.03 Å². The lowest BCUT2D eigenvalue weighted by Crippen LogP contribution is -2.47. The Morgan fingerprint density at radius 1 is 0.968 bits per heavy atom. The van der Waals surface area contributed by atoms with Crippen molar-refractivity contribution in [3.63, 3.8) is 0 Å². The Kier molecular flexibility index (Phi) is 7.28. The topological polar surface area (TPSA) is 112 Å². The van der Waals surface area contributed by atoms with E-state index in [0.717, 1.165) is 5.56 Å². The van der Waals surface area contributed by atoms with E-state index in [1.807, 2.05) is 30.3 Å². The Morgan fingerprint density at radius 3 is 2.39 bits per heavy atom. The number of carbonyl (C=O) groups is 3. The lowest BCUT2D eigenvalue weighted by atomic mass is 10.2. The van der Waals surface area contributed by atoms with E-state index in [1.54, 1.807) is 19.1 Å². The molecule has 3 rings (SSSR count). The number of aryl methyl sites for hydroxylation is 1. The third kappa shape index (κ3) is 6.34. The van der Waals surface area contributed by atoms with E-state index in [1.165, 1.54) is 23.5 Å². The van der Waals surface area contributed by atoms with Crippen LogP contribution in [0.4, 0.5) is 9.18 Å². The van der Waals surface area contributed by atoms with Crippen molar-refractivity contribution in [2.45, 2.75) is 13.5 Å². The molecule has 0 fully saturated rings. The quantitative estimate of drug-likeness (QED) is 0.440. The molecule has 0 saturated heterocycles. The fourth-order valence-corrected chi connectivity index (χ4v) is 3.51. The van der Waals surface area contributed by atoms with Gasteiger partial charge in [-0.25, -0.2) is 14.2 Å². The molecule has 0 saturated carbocycles. The summed E-state index contributed by atoms with van der Waals surface area (Å²) in [6, 6.07) is 14.6. The Labute approximate surface area is 181 Å². The van der Waals surface area contributed by atoms with Gasteiger partial charge in [0.2, 0.25) is 0 Å².